The molecule has 1 aromatic rings. The van der Waals surface area contributed by atoms with Crippen molar-refractivity contribution in [2.45, 2.75) is 44.8 Å². The van der Waals surface area contributed by atoms with E-state index in [4.69, 9.17) is 9.73 Å². The number of para-hydroxylation sites is 1. The molecule has 2 unspecified atom stereocenters. The Kier molecular flexibility index (Phi) is 6.99. The number of benzene rings is 1. The van der Waals surface area contributed by atoms with E-state index < -0.39 is 0 Å². The van der Waals surface area contributed by atoms with Gasteiger partial charge >= 0.3 is 0 Å². The lowest BCUT2D eigenvalue weighted by Crippen LogP contribution is -2.44. The van der Waals surface area contributed by atoms with Crippen LogP contribution < -0.4 is 15.5 Å². The van der Waals surface area contributed by atoms with Gasteiger partial charge in [0.25, 0.3) is 0 Å². The predicted molar refractivity (Wildman–Crippen MR) is 107 cm³/mol. The number of halogens is 1. The normalized spacial score (nSPS) is 23.9. The average Bonchev–Trinajstić information content (AvgIpc) is 3.27. The molecule has 25 heavy (non-hydrogen) atoms. The van der Waals surface area contributed by atoms with Crippen LogP contribution in [-0.4, -0.2) is 50.9 Å². The number of guanidine groups is 1. The van der Waals surface area contributed by atoms with Gasteiger partial charge in [-0.3, -0.25) is 4.99 Å². The molecule has 2 fully saturated rings. The van der Waals surface area contributed by atoms with Crippen LogP contribution in [0.15, 0.2) is 33.7 Å². The number of nitrogens with one attached hydrogen (secondary N) is 2. The third kappa shape index (κ3) is 5.35. The van der Waals surface area contributed by atoms with Crippen LogP contribution in [-0.2, 0) is 4.74 Å². The summed E-state index contributed by atoms with van der Waals surface area (Å²) < 4.78 is 6.84. The van der Waals surface area contributed by atoms with Gasteiger partial charge in [-0.1, -0.05) is 12.1 Å². The van der Waals surface area contributed by atoms with E-state index in [1.165, 1.54) is 18.5 Å². The quantitative estimate of drug-likeness (QED) is 0.560. The molecule has 5 nitrogen and oxygen atoms in total. The number of rotatable bonds is 6. The highest BCUT2D eigenvalue weighted by molar-refractivity contribution is 9.10. The lowest BCUT2D eigenvalue weighted by molar-refractivity contribution is 0.106. The van der Waals surface area contributed by atoms with Crippen molar-refractivity contribution in [1.82, 2.24) is 10.6 Å². The summed E-state index contributed by atoms with van der Waals surface area (Å²) in [5.74, 6) is 0.930. The molecule has 2 heterocycles. The summed E-state index contributed by atoms with van der Waals surface area (Å²) in [7, 11) is 0. The molecule has 0 saturated carbocycles. The van der Waals surface area contributed by atoms with Gasteiger partial charge in [0.1, 0.15) is 0 Å². The van der Waals surface area contributed by atoms with Gasteiger partial charge < -0.3 is 20.3 Å². The molecular weight excluding hydrogens is 380 g/mol. The van der Waals surface area contributed by atoms with Crippen molar-refractivity contribution in [2.24, 2.45) is 4.99 Å². The molecule has 0 aliphatic carbocycles. The molecule has 2 N–H and O–H groups in total. The first-order chi connectivity index (χ1) is 12.3. The second-order valence-electron chi connectivity index (χ2n) is 6.71. The zero-order chi connectivity index (χ0) is 17.5. The van der Waals surface area contributed by atoms with Gasteiger partial charge in [-0.05, 0) is 60.7 Å². The second-order valence-corrected chi connectivity index (χ2v) is 7.57. The monoisotopic (exact) mass is 408 g/mol. The molecule has 0 spiro atoms. The molecule has 1 aromatic carbocycles. The maximum atomic E-state index is 5.68. The molecule has 2 aliphatic heterocycles. The van der Waals surface area contributed by atoms with Crippen molar-refractivity contribution in [3.8, 4) is 0 Å². The topological polar surface area (TPSA) is 48.9 Å². The molecule has 0 aromatic heterocycles. The summed E-state index contributed by atoms with van der Waals surface area (Å²) in [6.07, 6.45) is 4.92. The maximum absolute atomic E-state index is 5.68. The molecule has 2 atom stereocenters. The minimum absolute atomic E-state index is 0.407. The number of hydrogen-bond acceptors (Lipinski definition) is 3. The van der Waals surface area contributed by atoms with E-state index in [0.29, 0.717) is 12.1 Å². The van der Waals surface area contributed by atoms with Crippen molar-refractivity contribution in [2.75, 3.05) is 37.7 Å². The van der Waals surface area contributed by atoms with Crippen LogP contribution in [0.2, 0.25) is 0 Å². The van der Waals surface area contributed by atoms with E-state index in [0.717, 1.165) is 56.1 Å². The molecule has 3 rings (SSSR count). The summed E-state index contributed by atoms with van der Waals surface area (Å²) in [5, 5.41) is 6.97. The van der Waals surface area contributed by atoms with Gasteiger partial charge in [0.15, 0.2) is 5.96 Å². The number of aliphatic imine (C=N–C) groups is 1. The number of ether oxygens (including phenoxy) is 1. The van der Waals surface area contributed by atoms with E-state index in [9.17, 15) is 0 Å². The van der Waals surface area contributed by atoms with Gasteiger partial charge in [-0.2, -0.15) is 0 Å². The molecule has 2 saturated heterocycles. The van der Waals surface area contributed by atoms with E-state index in [-0.39, 0.29) is 0 Å². The number of anilines is 1. The fraction of sp³-hybridized carbons (Fsp3) is 0.632. The van der Waals surface area contributed by atoms with Gasteiger partial charge in [-0.15, -0.1) is 0 Å². The van der Waals surface area contributed by atoms with Crippen molar-refractivity contribution < 1.29 is 4.74 Å². The largest absolute Gasteiger partial charge is 0.378 e. The molecule has 6 heteroatoms. The van der Waals surface area contributed by atoms with Crippen LogP contribution in [0.1, 0.15) is 32.6 Å². The van der Waals surface area contributed by atoms with Crippen LogP contribution in [0.4, 0.5) is 5.69 Å². The SMILES string of the molecule is CCNC(=NCCC1CCCO1)NC1CCN(c2ccccc2Br)C1. The molecule has 2 aliphatic rings. The Balaban J connectivity index is 1.51. The maximum Gasteiger partial charge on any atom is 0.191 e. The van der Waals surface area contributed by atoms with Crippen LogP contribution in [0.5, 0.6) is 0 Å². The Labute approximate surface area is 159 Å². The van der Waals surface area contributed by atoms with Crippen LogP contribution in [0.25, 0.3) is 0 Å². The highest BCUT2D eigenvalue weighted by Gasteiger charge is 2.24. The van der Waals surface area contributed by atoms with Crippen molar-refractivity contribution in [3.05, 3.63) is 28.7 Å². The average molecular weight is 409 g/mol. The molecule has 0 amide bonds. The van der Waals surface area contributed by atoms with Gasteiger partial charge in [0.05, 0.1) is 11.8 Å². The van der Waals surface area contributed by atoms with Crippen molar-refractivity contribution in [3.63, 3.8) is 0 Å². The zero-order valence-corrected chi connectivity index (χ0v) is 16.6. The lowest BCUT2D eigenvalue weighted by atomic mass is 10.2. The molecule has 0 radical (unpaired) electrons. The summed E-state index contributed by atoms with van der Waals surface area (Å²) in [4.78, 5) is 7.17. The van der Waals surface area contributed by atoms with Crippen LogP contribution >= 0.6 is 15.9 Å². The smallest absolute Gasteiger partial charge is 0.191 e. The first-order valence-corrected chi connectivity index (χ1v) is 10.2. The summed E-state index contributed by atoms with van der Waals surface area (Å²) in [6.45, 7) is 6.79. The minimum Gasteiger partial charge on any atom is -0.378 e. The molecule has 0 bridgehead atoms. The standard InChI is InChI=1S/C19H29BrN4O/c1-2-21-19(22-11-9-16-6-5-13-25-16)23-15-10-12-24(14-15)18-8-4-3-7-17(18)20/h3-4,7-8,15-16H,2,5-6,9-14H2,1H3,(H2,21,22,23). The van der Waals surface area contributed by atoms with E-state index in [1.54, 1.807) is 0 Å². The summed E-state index contributed by atoms with van der Waals surface area (Å²) >= 11 is 3.66. The van der Waals surface area contributed by atoms with Gasteiger partial charge in [-0.25, -0.2) is 0 Å². The number of nitrogens with zero attached hydrogens (tertiary/aromatic N) is 2. The third-order valence-corrected chi connectivity index (χ3v) is 5.48. The van der Waals surface area contributed by atoms with Crippen molar-refractivity contribution >= 4 is 27.6 Å². The zero-order valence-electron chi connectivity index (χ0n) is 15.0. The highest BCUT2D eigenvalue weighted by Crippen LogP contribution is 2.28. The third-order valence-electron chi connectivity index (χ3n) is 4.81. The Morgan fingerprint density at radius 3 is 3.00 bits per heavy atom. The minimum atomic E-state index is 0.407. The Morgan fingerprint density at radius 2 is 2.24 bits per heavy atom. The van der Waals surface area contributed by atoms with Crippen LogP contribution in [0.3, 0.4) is 0 Å². The second kappa shape index (κ2) is 9.43. The van der Waals surface area contributed by atoms with E-state index in [2.05, 4.69) is 62.7 Å². The highest BCUT2D eigenvalue weighted by atomic mass is 79.9. The first kappa shape index (κ1) is 18.5. The Morgan fingerprint density at radius 1 is 1.36 bits per heavy atom. The van der Waals surface area contributed by atoms with Gasteiger partial charge in [0.2, 0.25) is 0 Å². The fourth-order valence-electron chi connectivity index (χ4n) is 3.51. The van der Waals surface area contributed by atoms with E-state index in [1.807, 2.05) is 0 Å². The fourth-order valence-corrected chi connectivity index (χ4v) is 4.05. The Bertz CT molecular complexity index is 574. The molecule has 138 valence electrons. The summed E-state index contributed by atoms with van der Waals surface area (Å²) in [5.41, 5.74) is 1.27. The van der Waals surface area contributed by atoms with Crippen molar-refractivity contribution in [1.29, 1.82) is 0 Å². The molecular formula is C19H29BrN4O. The lowest BCUT2D eigenvalue weighted by Gasteiger charge is -2.21. The predicted octanol–water partition coefficient (Wildman–Crippen LogP) is 3.15. The van der Waals surface area contributed by atoms with Gasteiger partial charge in [0, 0.05) is 43.3 Å². The summed E-state index contributed by atoms with van der Waals surface area (Å²) in [6, 6.07) is 8.86. The number of hydrogen-bond donors (Lipinski definition) is 2. The van der Waals surface area contributed by atoms with E-state index >= 15 is 0 Å². The van der Waals surface area contributed by atoms with Crippen LogP contribution in [0, 0.1) is 0 Å². The Hall–Kier alpha value is -1.27. The first-order valence-electron chi connectivity index (χ1n) is 9.42.